The van der Waals surface area contributed by atoms with E-state index in [1.807, 2.05) is 19.1 Å². The lowest BCUT2D eigenvalue weighted by atomic mass is 9.97. The number of aliphatic hydroxyl groups excluding tert-OH is 1. The van der Waals surface area contributed by atoms with E-state index < -0.39 is 0 Å². The summed E-state index contributed by atoms with van der Waals surface area (Å²) in [6.45, 7) is 4.37. The molecule has 1 N–H and O–H groups in total. The molecule has 0 bridgehead atoms. The van der Waals surface area contributed by atoms with Crippen molar-refractivity contribution >= 4 is 11.6 Å². The maximum absolute atomic E-state index is 9.09. The van der Waals surface area contributed by atoms with Gasteiger partial charge in [-0.3, -0.25) is 0 Å². The van der Waals surface area contributed by atoms with E-state index in [0.29, 0.717) is 5.92 Å². The zero-order valence-electron chi connectivity index (χ0n) is 8.76. The Hall–Kier alpha value is -0.530. The summed E-state index contributed by atoms with van der Waals surface area (Å²) in [6.07, 6.45) is 1.95. The molecular weight excluding hydrogens is 196 g/mol. The maximum Gasteiger partial charge on any atom is 0.0462 e. The zero-order chi connectivity index (χ0) is 10.6. The van der Waals surface area contributed by atoms with Gasteiger partial charge in [0.1, 0.15) is 0 Å². The third-order valence-electron chi connectivity index (χ3n) is 2.58. The number of halogens is 1. The first-order valence-corrected chi connectivity index (χ1v) is 5.41. The van der Waals surface area contributed by atoms with Gasteiger partial charge >= 0.3 is 0 Å². The van der Waals surface area contributed by atoms with Crippen LogP contribution in [0.4, 0.5) is 0 Å². The van der Waals surface area contributed by atoms with Crippen LogP contribution in [-0.4, -0.2) is 11.7 Å². The number of hydrogen-bond donors (Lipinski definition) is 1. The van der Waals surface area contributed by atoms with E-state index in [1.54, 1.807) is 0 Å². The van der Waals surface area contributed by atoms with Gasteiger partial charge in [-0.15, -0.1) is 0 Å². The van der Waals surface area contributed by atoms with Crippen molar-refractivity contribution in [3.63, 3.8) is 0 Å². The molecule has 0 saturated heterocycles. The fourth-order valence-electron chi connectivity index (χ4n) is 1.51. The summed E-state index contributed by atoms with van der Waals surface area (Å²) < 4.78 is 0. The standard InChI is InChI=1S/C12H17ClO/c1-3-10(8-14)7-11-4-5-12(13)9(2)6-11/h4-6,10,14H,3,7-8H2,1-2H3. The van der Waals surface area contributed by atoms with E-state index >= 15 is 0 Å². The Morgan fingerprint density at radius 2 is 2.14 bits per heavy atom. The Morgan fingerprint density at radius 1 is 1.43 bits per heavy atom. The second-order valence-corrected chi connectivity index (χ2v) is 4.15. The fourth-order valence-corrected chi connectivity index (χ4v) is 1.62. The van der Waals surface area contributed by atoms with Crippen LogP contribution in [-0.2, 0) is 6.42 Å². The highest BCUT2D eigenvalue weighted by Crippen LogP contribution is 2.19. The zero-order valence-corrected chi connectivity index (χ0v) is 9.51. The molecule has 1 atom stereocenters. The number of aliphatic hydroxyl groups is 1. The van der Waals surface area contributed by atoms with Crippen molar-refractivity contribution in [1.29, 1.82) is 0 Å². The smallest absolute Gasteiger partial charge is 0.0462 e. The van der Waals surface area contributed by atoms with Gasteiger partial charge in [0, 0.05) is 11.6 Å². The number of benzene rings is 1. The lowest BCUT2D eigenvalue weighted by Gasteiger charge is -2.12. The van der Waals surface area contributed by atoms with Crippen LogP contribution in [0.1, 0.15) is 24.5 Å². The van der Waals surface area contributed by atoms with Gasteiger partial charge in [-0.1, -0.05) is 37.1 Å². The SMILES string of the molecule is CCC(CO)Cc1ccc(Cl)c(C)c1. The average Bonchev–Trinajstić information content (AvgIpc) is 2.19. The van der Waals surface area contributed by atoms with Gasteiger partial charge in [-0.05, 0) is 36.5 Å². The summed E-state index contributed by atoms with van der Waals surface area (Å²) in [7, 11) is 0. The van der Waals surface area contributed by atoms with Crippen LogP contribution in [0.25, 0.3) is 0 Å². The Morgan fingerprint density at radius 3 is 2.64 bits per heavy atom. The molecule has 1 unspecified atom stereocenters. The summed E-state index contributed by atoms with van der Waals surface area (Å²) in [6, 6.07) is 6.06. The summed E-state index contributed by atoms with van der Waals surface area (Å²) in [5.74, 6) is 0.371. The Kier molecular flexibility index (Phi) is 4.43. The molecule has 0 amide bonds. The van der Waals surface area contributed by atoms with Gasteiger partial charge in [0.15, 0.2) is 0 Å². The van der Waals surface area contributed by atoms with Crippen molar-refractivity contribution in [3.05, 3.63) is 34.3 Å². The highest BCUT2D eigenvalue weighted by molar-refractivity contribution is 6.31. The van der Waals surface area contributed by atoms with E-state index in [1.165, 1.54) is 5.56 Å². The Balaban J connectivity index is 2.72. The fraction of sp³-hybridized carbons (Fsp3) is 0.500. The van der Waals surface area contributed by atoms with Gasteiger partial charge < -0.3 is 5.11 Å². The lowest BCUT2D eigenvalue weighted by Crippen LogP contribution is -2.08. The quantitative estimate of drug-likeness (QED) is 0.813. The molecule has 0 fully saturated rings. The van der Waals surface area contributed by atoms with Gasteiger partial charge in [0.05, 0.1) is 0 Å². The van der Waals surface area contributed by atoms with Gasteiger partial charge in [0.2, 0.25) is 0 Å². The second kappa shape index (κ2) is 5.38. The number of aryl methyl sites for hydroxylation is 1. The van der Waals surface area contributed by atoms with Crippen LogP contribution < -0.4 is 0 Å². The van der Waals surface area contributed by atoms with Crippen LogP contribution >= 0.6 is 11.6 Å². The largest absolute Gasteiger partial charge is 0.396 e. The first kappa shape index (κ1) is 11.5. The Bertz CT molecular complexity index is 292. The highest BCUT2D eigenvalue weighted by atomic mass is 35.5. The molecule has 0 aliphatic carbocycles. The molecule has 0 aromatic heterocycles. The topological polar surface area (TPSA) is 20.2 Å². The van der Waals surface area contributed by atoms with Gasteiger partial charge in [-0.2, -0.15) is 0 Å². The molecule has 0 aliphatic rings. The van der Waals surface area contributed by atoms with E-state index in [2.05, 4.69) is 13.0 Å². The number of hydrogen-bond acceptors (Lipinski definition) is 1. The minimum absolute atomic E-state index is 0.262. The molecular formula is C12H17ClO. The molecule has 1 aromatic rings. The normalized spacial score (nSPS) is 12.9. The first-order chi connectivity index (χ1) is 6.67. The summed E-state index contributed by atoms with van der Waals surface area (Å²) in [5, 5.41) is 9.90. The lowest BCUT2D eigenvalue weighted by molar-refractivity contribution is 0.222. The molecule has 0 spiro atoms. The summed E-state index contributed by atoms with van der Waals surface area (Å²) in [5.41, 5.74) is 2.37. The summed E-state index contributed by atoms with van der Waals surface area (Å²) >= 11 is 5.94. The molecule has 2 heteroatoms. The predicted molar refractivity (Wildman–Crippen MR) is 60.8 cm³/mol. The van der Waals surface area contributed by atoms with Crippen molar-refractivity contribution in [2.75, 3.05) is 6.61 Å². The van der Waals surface area contributed by atoms with Crippen molar-refractivity contribution in [3.8, 4) is 0 Å². The molecule has 0 radical (unpaired) electrons. The Labute approximate surface area is 90.7 Å². The average molecular weight is 213 g/mol. The van der Waals surface area contributed by atoms with Crippen molar-refractivity contribution in [2.24, 2.45) is 5.92 Å². The van der Waals surface area contributed by atoms with E-state index in [-0.39, 0.29) is 6.61 Å². The minimum atomic E-state index is 0.262. The van der Waals surface area contributed by atoms with Crippen molar-refractivity contribution in [1.82, 2.24) is 0 Å². The molecule has 78 valence electrons. The molecule has 0 heterocycles. The van der Waals surface area contributed by atoms with E-state index in [0.717, 1.165) is 23.4 Å². The maximum atomic E-state index is 9.09. The molecule has 1 rings (SSSR count). The minimum Gasteiger partial charge on any atom is -0.396 e. The molecule has 1 nitrogen and oxygen atoms in total. The molecule has 0 saturated carbocycles. The van der Waals surface area contributed by atoms with E-state index in [4.69, 9.17) is 16.7 Å². The number of rotatable bonds is 4. The first-order valence-electron chi connectivity index (χ1n) is 5.03. The molecule has 1 aromatic carbocycles. The van der Waals surface area contributed by atoms with Crippen LogP contribution in [0.3, 0.4) is 0 Å². The monoisotopic (exact) mass is 212 g/mol. The molecule has 0 aliphatic heterocycles. The predicted octanol–water partition coefficient (Wildman–Crippen LogP) is 3.21. The van der Waals surface area contributed by atoms with Crippen LogP contribution in [0.5, 0.6) is 0 Å². The molecule has 14 heavy (non-hydrogen) atoms. The van der Waals surface area contributed by atoms with E-state index in [9.17, 15) is 0 Å². The van der Waals surface area contributed by atoms with Crippen molar-refractivity contribution in [2.45, 2.75) is 26.7 Å². The third kappa shape index (κ3) is 3.00. The van der Waals surface area contributed by atoms with Gasteiger partial charge in [0.25, 0.3) is 0 Å². The summed E-state index contributed by atoms with van der Waals surface area (Å²) in [4.78, 5) is 0. The van der Waals surface area contributed by atoms with Crippen LogP contribution in [0.2, 0.25) is 5.02 Å². The van der Waals surface area contributed by atoms with Crippen molar-refractivity contribution < 1.29 is 5.11 Å². The third-order valence-corrected chi connectivity index (χ3v) is 3.01. The van der Waals surface area contributed by atoms with Crippen LogP contribution in [0.15, 0.2) is 18.2 Å². The van der Waals surface area contributed by atoms with Crippen LogP contribution in [0, 0.1) is 12.8 Å². The van der Waals surface area contributed by atoms with Gasteiger partial charge in [-0.25, -0.2) is 0 Å². The second-order valence-electron chi connectivity index (χ2n) is 3.74. The highest BCUT2D eigenvalue weighted by Gasteiger charge is 2.06.